The molecular formula is C21H37IN6O. The monoisotopic (exact) mass is 516 g/mol. The quantitative estimate of drug-likeness (QED) is 0.296. The van der Waals surface area contributed by atoms with Crippen LogP contribution >= 0.6 is 24.0 Å². The van der Waals surface area contributed by atoms with Crippen LogP contribution < -0.4 is 10.6 Å². The van der Waals surface area contributed by atoms with Crippen LogP contribution in [0.1, 0.15) is 74.9 Å². The maximum Gasteiger partial charge on any atom is 0.191 e. The molecule has 0 aromatic carbocycles. The van der Waals surface area contributed by atoms with Crippen LogP contribution in [0.3, 0.4) is 0 Å². The summed E-state index contributed by atoms with van der Waals surface area (Å²) in [6.07, 6.45) is 3.04. The third kappa shape index (κ3) is 7.01. The van der Waals surface area contributed by atoms with Gasteiger partial charge in [0.2, 0.25) is 0 Å². The number of nitrogens with zero attached hydrogens (tertiary/aromatic N) is 4. The summed E-state index contributed by atoms with van der Waals surface area (Å²) in [7, 11) is 1.99. The maximum atomic E-state index is 5.49. The van der Waals surface area contributed by atoms with Gasteiger partial charge in [0, 0.05) is 37.3 Å². The third-order valence-corrected chi connectivity index (χ3v) is 5.27. The van der Waals surface area contributed by atoms with Crippen molar-refractivity contribution < 1.29 is 4.52 Å². The average Bonchev–Trinajstić information content (AvgIpc) is 3.21. The normalized spacial score (nSPS) is 12.8. The first-order valence-electron chi connectivity index (χ1n) is 10.4. The third-order valence-electron chi connectivity index (χ3n) is 5.27. The lowest BCUT2D eigenvalue weighted by molar-refractivity contribution is 0.372. The van der Waals surface area contributed by atoms with Gasteiger partial charge in [-0.1, -0.05) is 19.0 Å². The van der Waals surface area contributed by atoms with Gasteiger partial charge in [-0.3, -0.25) is 4.68 Å². The van der Waals surface area contributed by atoms with E-state index in [1.54, 1.807) is 0 Å². The molecule has 2 aromatic heterocycles. The molecule has 7 nitrogen and oxygen atoms in total. The lowest BCUT2D eigenvalue weighted by atomic mass is 9.99. The Balaban J connectivity index is 0.00000420. The highest BCUT2D eigenvalue weighted by Crippen LogP contribution is 2.22. The van der Waals surface area contributed by atoms with Crippen molar-refractivity contribution in [2.24, 2.45) is 12.0 Å². The Hall–Kier alpha value is -1.58. The predicted octanol–water partition coefficient (Wildman–Crippen LogP) is 4.23. The molecule has 29 heavy (non-hydrogen) atoms. The van der Waals surface area contributed by atoms with Gasteiger partial charge in [-0.05, 0) is 52.5 Å². The summed E-state index contributed by atoms with van der Waals surface area (Å²) in [6.45, 7) is 14.1. The van der Waals surface area contributed by atoms with Crippen LogP contribution in [0.4, 0.5) is 0 Å². The Morgan fingerprint density at radius 2 is 1.93 bits per heavy atom. The number of halogens is 1. The average molecular weight is 516 g/mol. The summed E-state index contributed by atoms with van der Waals surface area (Å²) in [4.78, 5) is 4.68. The molecule has 0 saturated heterocycles. The standard InChI is InChI=1S/C21H36N6O.HI/c1-8-17(9-2)20-12-18(28-26-20)13-23-21(22-10-3)24-14(4)11-19-15(5)25-27(7)16(19)6;/h12,14,17H,8-11,13H2,1-7H3,(H2,22,23,24);1H. The number of nitrogens with one attached hydrogen (secondary N) is 2. The molecule has 0 spiro atoms. The summed E-state index contributed by atoms with van der Waals surface area (Å²) in [6, 6.07) is 2.27. The second-order valence-electron chi connectivity index (χ2n) is 7.45. The topological polar surface area (TPSA) is 80.3 Å². The van der Waals surface area contributed by atoms with Gasteiger partial charge in [-0.2, -0.15) is 5.10 Å². The molecule has 0 aliphatic carbocycles. The van der Waals surface area contributed by atoms with Crippen LogP contribution in [0, 0.1) is 13.8 Å². The van der Waals surface area contributed by atoms with Gasteiger partial charge >= 0.3 is 0 Å². The zero-order valence-corrected chi connectivity index (χ0v) is 21.2. The van der Waals surface area contributed by atoms with E-state index in [9.17, 15) is 0 Å². The minimum atomic E-state index is 0. The van der Waals surface area contributed by atoms with Gasteiger partial charge < -0.3 is 15.2 Å². The van der Waals surface area contributed by atoms with E-state index in [-0.39, 0.29) is 30.0 Å². The van der Waals surface area contributed by atoms with E-state index in [0.717, 1.165) is 48.9 Å². The van der Waals surface area contributed by atoms with E-state index in [0.29, 0.717) is 12.5 Å². The first kappa shape index (κ1) is 25.5. The van der Waals surface area contributed by atoms with Crippen molar-refractivity contribution in [3.8, 4) is 0 Å². The van der Waals surface area contributed by atoms with Gasteiger partial charge in [0.15, 0.2) is 11.7 Å². The highest BCUT2D eigenvalue weighted by molar-refractivity contribution is 14.0. The molecule has 2 rings (SSSR count). The maximum absolute atomic E-state index is 5.49. The van der Waals surface area contributed by atoms with E-state index >= 15 is 0 Å². The van der Waals surface area contributed by atoms with Crippen LogP contribution in [0.25, 0.3) is 0 Å². The molecular weight excluding hydrogens is 479 g/mol. The summed E-state index contributed by atoms with van der Waals surface area (Å²) in [5.74, 6) is 2.04. The molecule has 0 fully saturated rings. The number of hydrogen-bond acceptors (Lipinski definition) is 4. The lowest BCUT2D eigenvalue weighted by Crippen LogP contribution is -2.43. The van der Waals surface area contributed by atoms with Crippen LogP contribution in [0.5, 0.6) is 0 Å². The molecule has 0 aliphatic heterocycles. The van der Waals surface area contributed by atoms with Crippen molar-refractivity contribution in [1.29, 1.82) is 0 Å². The van der Waals surface area contributed by atoms with E-state index in [4.69, 9.17) is 4.52 Å². The molecule has 0 amide bonds. The fourth-order valence-electron chi connectivity index (χ4n) is 3.48. The number of aliphatic imine (C=N–C) groups is 1. The highest BCUT2D eigenvalue weighted by Gasteiger charge is 2.15. The fourth-order valence-corrected chi connectivity index (χ4v) is 3.48. The number of guanidine groups is 1. The van der Waals surface area contributed by atoms with Crippen molar-refractivity contribution in [2.45, 2.75) is 79.3 Å². The largest absolute Gasteiger partial charge is 0.359 e. The van der Waals surface area contributed by atoms with Crippen molar-refractivity contribution in [2.75, 3.05) is 6.54 Å². The number of aryl methyl sites for hydroxylation is 2. The molecule has 2 N–H and O–H groups in total. The molecule has 0 radical (unpaired) electrons. The Morgan fingerprint density at radius 1 is 1.24 bits per heavy atom. The molecule has 1 atom stereocenters. The summed E-state index contributed by atoms with van der Waals surface area (Å²) in [5.41, 5.74) is 4.63. The summed E-state index contributed by atoms with van der Waals surface area (Å²) >= 11 is 0. The zero-order valence-electron chi connectivity index (χ0n) is 18.9. The highest BCUT2D eigenvalue weighted by atomic mass is 127. The SMILES string of the molecule is CCNC(=NCc1cc(C(CC)CC)no1)NC(C)Cc1c(C)nn(C)c1C.I. The van der Waals surface area contributed by atoms with Crippen LogP contribution in [-0.2, 0) is 20.0 Å². The van der Waals surface area contributed by atoms with Gasteiger partial charge in [-0.25, -0.2) is 4.99 Å². The van der Waals surface area contributed by atoms with E-state index in [1.165, 1.54) is 11.3 Å². The molecule has 2 aromatic rings. The number of aromatic nitrogens is 3. The second-order valence-corrected chi connectivity index (χ2v) is 7.45. The Kier molecular flexibility index (Phi) is 10.7. The number of rotatable bonds is 9. The smallest absolute Gasteiger partial charge is 0.191 e. The van der Waals surface area contributed by atoms with Gasteiger partial charge in [0.25, 0.3) is 0 Å². The van der Waals surface area contributed by atoms with Crippen molar-refractivity contribution in [3.63, 3.8) is 0 Å². The lowest BCUT2D eigenvalue weighted by Gasteiger charge is -2.18. The van der Waals surface area contributed by atoms with Crippen LogP contribution in [0.2, 0.25) is 0 Å². The van der Waals surface area contributed by atoms with E-state index in [2.05, 4.69) is 67.4 Å². The van der Waals surface area contributed by atoms with E-state index < -0.39 is 0 Å². The summed E-state index contributed by atoms with van der Waals surface area (Å²) < 4.78 is 7.43. The minimum Gasteiger partial charge on any atom is -0.359 e. The first-order chi connectivity index (χ1) is 13.4. The van der Waals surface area contributed by atoms with Gasteiger partial charge in [0.1, 0.15) is 6.54 Å². The Labute approximate surface area is 192 Å². The first-order valence-corrected chi connectivity index (χ1v) is 10.4. The van der Waals surface area contributed by atoms with Gasteiger partial charge in [-0.15, -0.1) is 24.0 Å². The Morgan fingerprint density at radius 3 is 2.48 bits per heavy atom. The molecule has 0 bridgehead atoms. The van der Waals surface area contributed by atoms with Crippen LogP contribution in [-0.4, -0.2) is 33.5 Å². The van der Waals surface area contributed by atoms with Crippen molar-refractivity contribution >= 4 is 29.9 Å². The number of hydrogen-bond donors (Lipinski definition) is 2. The predicted molar refractivity (Wildman–Crippen MR) is 129 cm³/mol. The summed E-state index contributed by atoms with van der Waals surface area (Å²) in [5, 5.41) is 15.5. The molecule has 0 aliphatic rings. The molecule has 1 unspecified atom stereocenters. The molecule has 0 saturated carbocycles. The fraction of sp³-hybridized carbons (Fsp3) is 0.667. The Bertz CT molecular complexity index is 778. The van der Waals surface area contributed by atoms with Gasteiger partial charge in [0.05, 0.1) is 11.4 Å². The van der Waals surface area contributed by atoms with Crippen molar-refractivity contribution in [3.05, 3.63) is 34.5 Å². The van der Waals surface area contributed by atoms with Crippen molar-refractivity contribution in [1.82, 2.24) is 25.6 Å². The molecule has 164 valence electrons. The molecule has 2 heterocycles. The molecule has 8 heteroatoms. The van der Waals surface area contributed by atoms with E-state index in [1.807, 2.05) is 17.8 Å². The van der Waals surface area contributed by atoms with Crippen LogP contribution in [0.15, 0.2) is 15.6 Å². The minimum absolute atomic E-state index is 0. The zero-order chi connectivity index (χ0) is 20.7. The second kappa shape index (κ2) is 12.2.